The maximum atomic E-state index is 5.00. The SMILES string of the molecule is CNc1nc(NCc2cc(C)on2)nc(-n2cncn2)n1. The predicted octanol–water partition coefficient (Wildman–Crippen LogP) is 0.403. The van der Waals surface area contributed by atoms with Crippen LogP contribution in [0.3, 0.4) is 0 Å². The normalized spacial score (nSPS) is 10.6. The van der Waals surface area contributed by atoms with Crippen LogP contribution in [-0.2, 0) is 6.54 Å². The number of aromatic nitrogens is 7. The van der Waals surface area contributed by atoms with Crippen molar-refractivity contribution in [3.05, 3.63) is 30.2 Å². The summed E-state index contributed by atoms with van der Waals surface area (Å²) in [6, 6.07) is 1.84. The molecule has 0 radical (unpaired) electrons. The Bertz CT molecular complexity index is 721. The van der Waals surface area contributed by atoms with Gasteiger partial charge < -0.3 is 15.2 Å². The van der Waals surface area contributed by atoms with Crippen LogP contribution in [0, 0.1) is 6.92 Å². The number of hydrogen-bond acceptors (Lipinski definition) is 9. The summed E-state index contributed by atoms with van der Waals surface area (Å²) in [5.41, 5.74) is 0.765. The Hall–Kier alpha value is -3.04. The monoisotopic (exact) mass is 287 g/mol. The van der Waals surface area contributed by atoms with E-state index in [0.29, 0.717) is 24.4 Å². The van der Waals surface area contributed by atoms with E-state index in [1.807, 2.05) is 13.0 Å². The third-order valence-electron chi connectivity index (χ3n) is 2.58. The van der Waals surface area contributed by atoms with Crippen molar-refractivity contribution in [1.82, 2.24) is 34.9 Å². The summed E-state index contributed by atoms with van der Waals surface area (Å²) in [6.45, 7) is 2.28. The van der Waals surface area contributed by atoms with Crippen molar-refractivity contribution in [2.45, 2.75) is 13.5 Å². The molecule has 0 aliphatic heterocycles. The van der Waals surface area contributed by atoms with Crippen molar-refractivity contribution in [1.29, 1.82) is 0 Å². The molecule has 0 fully saturated rings. The minimum absolute atomic E-state index is 0.366. The molecule has 3 rings (SSSR count). The lowest BCUT2D eigenvalue weighted by Crippen LogP contribution is -2.11. The van der Waals surface area contributed by atoms with E-state index in [-0.39, 0.29) is 0 Å². The van der Waals surface area contributed by atoms with E-state index in [4.69, 9.17) is 4.52 Å². The highest BCUT2D eigenvalue weighted by Gasteiger charge is 2.08. The van der Waals surface area contributed by atoms with E-state index in [2.05, 4.69) is 40.8 Å². The molecule has 0 spiro atoms. The van der Waals surface area contributed by atoms with Gasteiger partial charge in [0.25, 0.3) is 5.95 Å². The Morgan fingerprint density at radius 2 is 2.10 bits per heavy atom. The van der Waals surface area contributed by atoms with Crippen molar-refractivity contribution < 1.29 is 4.52 Å². The Labute approximate surface area is 119 Å². The van der Waals surface area contributed by atoms with Gasteiger partial charge in [-0.3, -0.25) is 0 Å². The first-order valence-electron chi connectivity index (χ1n) is 6.19. The average molecular weight is 287 g/mol. The van der Waals surface area contributed by atoms with Crippen LogP contribution >= 0.6 is 0 Å². The number of anilines is 2. The van der Waals surface area contributed by atoms with Crippen LogP contribution in [0.1, 0.15) is 11.5 Å². The summed E-state index contributed by atoms with van der Waals surface area (Å²) in [7, 11) is 1.73. The highest BCUT2D eigenvalue weighted by atomic mass is 16.5. The molecule has 0 atom stereocenters. The molecular formula is C11H13N9O. The van der Waals surface area contributed by atoms with Gasteiger partial charge in [-0.25, -0.2) is 4.98 Å². The summed E-state index contributed by atoms with van der Waals surface area (Å²) < 4.78 is 6.45. The van der Waals surface area contributed by atoms with E-state index < -0.39 is 0 Å². The molecule has 0 saturated carbocycles. The summed E-state index contributed by atoms with van der Waals surface area (Å²) in [4.78, 5) is 16.6. The van der Waals surface area contributed by atoms with Crippen molar-refractivity contribution in [2.24, 2.45) is 0 Å². The van der Waals surface area contributed by atoms with Crippen molar-refractivity contribution in [2.75, 3.05) is 17.7 Å². The summed E-state index contributed by atoms with van der Waals surface area (Å²) in [6.07, 6.45) is 2.92. The molecule has 0 aromatic carbocycles. The fourth-order valence-corrected chi connectivity index (χ4v) is 1.64. The van der Waals surface area contributed by atoms with E-state index in [0.717, 1.165) is 11.5 Å². The van der Waals surface area contributed by atoms with E-state index >= 15 is 0 Å². The second-order valence-electron chi connectivity index (χ2n) is 4.16. The molecule has 21 heavy (non-hydrogen) atoms. The minimum Gasteiger partial charge on any atom is -0.361 e. The summed E-state index contributed by atoms with van der Waals surface area (Å²) >= 11 is 0. The van der Waals surface area contributed by atoms with Crippen LogP contribution in [0.15, 0.2) is 23.2 Å². The van der Waals surface area contributed by atoms with Gasteiger partial charge in [0.15, 0.2) is 0 Å². The van der Waals surface area contributed by atoms with E-state index in [9.17, 15) is 0 Å². The van der Waals surface area contributed by atoms with E-state index in [1.165, 1.54) is 17.3 Å². The minimum atomic E-state index is 0.366. The van der Waals surface area contributed by atoms with Gasteiger partial charge in [-0.1, -0.05) is 5.16 Å². The second kappa shape index (κ2) is 5.53. The highest BCUT2D eigenvalue weighted by Crippen LogP contribution is 2.09. The molecule has 3 heterocycles. The molecule has 0 aliphatic carbocycles. The van der Waals surface area contributed by atoms with Gasteiger partial charge in [0.05, 0.1) is 6.54 Å². The number of nitrogens with zero attached hydrogens (tertiary/aromatic N) is 7. The fraction of sp³-hybridized carbons (Fsp3) is 0.273. The molecule has 3 aromatic rings. The molecule has 10 nitrogen and oxygen atoms in total. The number of hydrogen-bond donors (Lipinski definition) is 2. The van der Waals surface area contributed by atoms with Crippen molar-refractivity contribution in [3.63, 3.8) is 0 Å². The van der Waals surface area contributed by atoms with Gasteiger partial charge in [0.2, 0.25) is 11.9 Å². The molecule has 2 N–H and O–H groups in total. The zero-order chi connectivity index (χ0) is 14.7. The van der Waals surface area contributed by atoms with Gasteiger partial charge >= 0.3 is 0 Å². The van der Waals surface area contributed by atoms with Crippen molar-refractivity contribution in [3.8, 4) is 5.95 Å². The molecule has 10 heteroatoms. The molecule has 0 saturated heterocycles. The second-order valence-corrected chi connectivity index (χ2v) is 4.16. The van der Waals surface area contributed by atoms with Crippen LogP contribution in [-0.4, -0.2) is 41.9 Å². The molecule has 0 aliphatic rings. The standard InChI is InChI=1S/C11H13N9O/c1-7-3-8(19-21-7)4-14-10-16-9(12-2)17-11(18-10)20-6-13-5-15-20/h3,5-6H,4H2,1-2H3,(H2,12,14,16,17,18). The maximum absolute atomic E-state index is 5.00. The van der Waals surface area contributed by atoms with Crippen LogP contribution in [0.2, 0.25) is 0 Å². The van der Waals surface area contributed by atoms with Gasteiger partial charge in [-0.2, -0.15) is 24.7 Å². The number of aryl methyl sites for hydroxylation is 1. The quantitative estimate of drug-likeness (QED) is 0.687. The largest absolute Gasteiger partial charge is 0.361 e. The molecule has 3 aromatic heterocycles. The first-order chi connectivity index (χ1) is 10.2. The van der Waals surface area contributed by atoms with Gasteiger partial charge in [-0.05, 0) is 6.92 Å². The molecule has 108 valence electrons. The maximum Gasteiger partial charge on any atom is 0.258 e. The van der Waals surface area contributed by atoms with Crippen LogP contribution in [0.25, 0.3) is 5.95 Å². The van der Waals surface area contributed by atoms with Crippen LogP contribution < -0.4 is 10.6 Å². The molecule has 0 bridgehead atoms. The van der Waals surface area contributed by atoms with Gasteiger partial charge in [0.1, 0.15) is 24.1 Å². The predicted molar refractivity (Wildman–Crippen MR) is 72.9 cm³/mol. The number of rotatable bonds is 5. The lowest BCUT2D eigenvalue weighted by Gasteiger charge is -2.07. The van der Waals surface area contributed by atoms with Crippen LogP contribution in [0.5, 0.6) is 0 Å². The third kappa shape index (κ3) is 2.94. The van der Waals surface area contributed by atoms with Gasteiger partial charge in [0, 0.05) is 13.1 Å². The summed E-state index contributed by atoms with van der Waals surface area (Å²) in [5.74, 6) is 1.95. The average Bonchev–Trinajstić information content (AvgIpc) is 3.16. The van der Waals surface area contributed by atoms with Crippen LogP contribution in [0.4, 0.5) is 11.9 Å². The highest BCUT2D eigenvalue weighted by molar-refractivity contribution is 5.37. The molecule has 0 unspecified atom stereocenters. The smallest absolute Gasteiger partial charge is 0.258 e. The Balaban J connectivity index is 1.82. The lowest BCUT2D eigenvalue weighted by atomic mass is 10.4. The number of nitrogens with one attached hydrogen (secondary N) is 2. The summed E-state index contributed by atoms with van der Waals surface area (Å²) in [5, 5.41) is 13.8. The Kier molecular flexibility index (Phi) is 3.41. The Morgan fingerprint density at radius 3 is 2.76 bits per heavy atom. The molecular weight excluding hydrogens is 274 g/mol. The molecule has 0 amide bonds. The Morgan fingerprint density at radius 1 is 1.24 bits per heavy atom. The zero-order valence-electron chi connectivity index (χ0n) is 11.5. The topological polar surface area (TPSA) is 119 Å². The third-order valence-corrected chi connectivity index (χ3v) is 2.58. The first-order valence-corrected chi connectivity index (χ1v) is 6.19. The fourth-order valence-electron chi connectivity index (χ4n) is 1.64. The van der Waals surface area contributed by atoms with Gasteiger partial charge in [-0.15, -0.1) is 0 Å². The lowest BCUT2D eigenvalue weighted by molar-refractivity contribution is 0.391. The zero-order valence-corrected chi connectivity index (χ0v) is 11.5. The first kappa shape index (κ1) is 13.0. The van der Waals surface area contributed by atoms with Crippen molar-refractivity contribution >= 4 is 11.9 Å². The van der Waals surface area contributed by atoms with E-state index in [1.54, 1.807) is 7.05 Å².